The highest BCUT2D eigenvalue weighted by Gasteiger charge is 2.43. The molecule has 6 heteroatoms. The second kappa shape index (κ2) is 4.22. The number of benzene rings is 1. The van der Waals surface area contributed by atoms with E-state index in [2.05, 4.69) is 0 Å². The first-order valence-corrected chi connectivity index (χ1v) is 5.80. The number of nitro benzene ring substituents is 1. The lowest BCUT2D eigenvalue weighted by atomic mass is 9.84. The van der Waals surface area contributed by atoms with Gasteiger partial charge < -0.3 is 15.6 Å². The van der Waals surface area contributed by atoms with Crippen LogP contribution in [0.3, 0.4) is 0 Å². The Morgan fingerprint density at radius 1 is 1.61 bits per heavy atom. The van der Waals surface area contributed by atoms with Crippen molar-refractivity contribution >= 4 is 5.69 Å². The van der Waals surface area contributed by atoms with Crippen LogP contribution in [0.15, 0.2) is 18.2 Å². The average Bonchev–Trinajstić information content (AvgIpc) is 2.35. The van der Waals surface area contributed by atoms with E-state index in [9.17, 15) is 15.2 Å². The van der Waals surface area contributed by atoms with Gasteiger partial charge in [-0.2, -0.15) is 0 Å². The molecule has 1 aliphatic rings. The number of non-ortho nitro benzene ring substituents is 1. The number of hydrogen-bond acceptors (Lipinski definition) is 5. The van der Waals surface area contributed by atoms with Gasteiger partial charge in [0.2, 0.25) is 0 Å². The molecule has 0 amide bonds. The van der Waals surface area contributed by atoms with E-state index in [1.807, 2.05) is 6.92 Å². The van der Waals surface area contributed by atoms with Crippen molar-refractivity contribution in [2.45, 2.75) is 38.0 Å². The number of rotatable bonds is 2. The molecule has 0 fully saturated rings. The van der Waals surface area contributed by atoms with Gasteiger partial charge >= 0.3 is 0 Å². The van der Waals surface area contributed by atoms with Crippen molar-refractivity contribution in [2.75, 3.05) is 0 Å². The Balaban J connectivity index is 2.49. The van der Waals surface area contributed by atoms with Crippen LogP contribution in [0.2, 0.25) is 0 Å². The molecule has 0 aromatic heterocycles. The molecule has 1 aliphatic heterocycles. The number of fused-ring (bicyclic) bond motifs is 1. The molecule has 0 spiro atoms. The van der Waals surface area contributed by atoms with E-state index >= 15 is 0 Å². The summed E-state index contributed by atoms with van der Waals surface area (Å²) in [6.45, 7) is 3.67. The quantitative estimate of drug-likeness (QED) is 0.614. The van der Waals surface area contributed by atoms with E-state index < -0.39 is 22.7 Å². The van der Waals surface area contributed by atoms with Gasteiger partial charge in [-0.15, -0.1) is 0 Å². The van der Waals surface area contributed by atoms with Crippen molar-refractivity contribution in [3.63, 3.8) is 0 Å². The zero-order valence-corrected chi connectivity index (χ0v) is 10.3. The van der Waals surface area contributed by atoms with Crippen molar-refractivity contribution in [3.8, 4) is 5.75 Å². The minimum absolute atomic E-state index is 0.0555. The molecule has 3 atom stereocenters. The highest BCUT2D eigenvalue weighted by atomic mass is 16.6. The molecule has 0 aliphatic carbocycles. The number of ether oxygens (including phenoxy) is 1. The van der Waals surface area contributed by atoms with Gasteiger partial charge in [0.1, 0.15) is 17.5 Å². The summed E-state index contributed by atoms with van der Waals surface area (Å²) in [4.78, 5) is 10.2. The molecule has 0 saturated heterocycles. The van der Waals surface area contributed by atoms with Gasteiger partial charge in [-0.3, -0.25) is 10.1 Å². The van der Waals surface area contributed by atoms with E-state index in [0.29, 0.717) is 17.7 Å². The molecule has 0 saturated carbocycles. The van der Waals surface area contributed by atoms with Crippen LogP contribution in [-0.2, 0) is 0 Å². The van der Waals surface area contributed by atoms with Gasteiger partial charge in [-0.25, -0.2) is 0 Å². The normalized spacial score (nSPS) is 30.4. The van der Waals surface area contributed by atoms with E-state index in [4.69, 9.17) is 10.5 Å². The summed E-state index contributed by atoms with van der Waals surface area (Å²) in [5.74, 6) is 0.503. The van der Waals surface area contributed by atoms with Crippen molar-refractivity contribution in [1.82, 2.24) is 0 Å². The Morgan fingerprint density at radius 3 is 2.83 bits per heavy atom. The lowest BCUT2D eigenvalue weighted by molar-refractivity contribution is -0.385. The van der Waals surface area contributed by atoms with Crippen LogP contribution in [0.5, 0.6) is 5.75 Å². The second-order valence-electron chi connectivity index (χ2n) is 4.72. The maximum absolute atomic E-state index is 10.7. The minimum Gasteiger partial charge on any atom is -0.484 e. The van der Waals surface area contributed by atoms with E-state index in [1.54, 1.807) is 6.92 Å². The van der Waals surface area contributed by atoms with E-state index in [0.717, 1.165) is 0 Å². The van der Waals surface area contributed by atoms with Crippen LogP contribution < -0.4 is 10.5 Å². The number of nitrogens with two attached hydrogens (primary N) is 1. The molecule has 1 aromatic rings. The summed E-state index contributed by atoms with van der Waals surface area (Å²) in [7, 11) is 0. The maximum atomic E-state index is 10.7. The minimum atomic E-state index is -0.892. The van der Waals surface area contributed by atoms with Crippen LogP contribution in [0.1, 0.15) is 31.9 Å². The van der Waals surface area contributed by atoms with Crippen molar-refractivity contribution in [3.05, 3.63) is 33.9 Å². The predicted octanol–water partition coefficient (Wildman–Crippen LogP) is 1.52. The molecular formula is C12H16N2O4. The highest BCUT2D eigenvalue weighted by molar-refractivity contribution is 5.47. The Morgan fingerprint density at radius 2 is 2.28 bits per heavy atom. The van der Waals surface area contributed by atoms with Gasteiger partial charge in [0, 0.05) is 17.7 Å². The zero-order valence-electron chi connectivity index (χ0n) is 10.3. The first kappa shape index (κ1) is 12.8. The third-order valence-electron chi connectivity index (χ3n) is 3.57. The third kappa shape index (κ3) is 1.83. The Hall–Kier alpha value is -1.66. The Bertz CT molecular complexity index is 491. The van der Waals surface area contributed by atoms with Crippen LogP contribution in [0, 0.1) is 10.1 Å². The van der Waals surface area contributed by atoms with Gasteiger partial charge in [0.25, 0.3) is 5.69 Å². The monoisotopic (exact) mass is 252 g/mol. The summed E-state index contributed by atoms with van der Waals surface area (Å²) in [5.41, 5.74) is 5.62. The zero-order chi connectivity index (χ0) is 13.5. The van der Waals surface area contributed by atoms with Crippen LogP contribution >= 0.6 is 0 Å². The highest BCUT2D eigenvalue weighted by Crippen LogP contribution is 2.41. The topological polar surface area (TPSA) is 98.6 Å². The summed E-state index contributed by atoms with van der Waals surface area (Å²) >= 11 is 0. The molecule has 0 radical (unpaired) electrons. The summed E-state index contributed by atoms with van der Waals surface area (Å²) < 4.78 is 5.73. The molecule has 1 heterocycles. The van der Waals surface area contributed by atoms with Gasteiger partial charge in [-0.05, 0) is 19.4 Å². The van der Waals surface area contributed by atoms with Gasteiger partial charge in [0.05, 0.1) is 11.0 Å². The number of hydrogen-bond donors (Lipinski definition) is 2. The Labute approximate surface area is 105 Å². The van der Waals surface area contributed by atoms with Crippen molar-refractivity contribution < 1.29 is 14.8 Å². The molecule has 0 bridgehead atoms. The molecule has 98 valence electrons. The number of aliphatic hydroxyl groups is 1. The smallest absolute Gasteiger partial charge is 0.270 e. The molecule has 18 heavy (non-hydrogen) atoms. The molecule has 1 unspecified atom stereocenters. The SMILES string of the molecule is CC[C@]1(C)Oc2ccc([N+](=O)[O-])cc2C(N)[C@H]1O. The molecule has 6 nitrogen and oxygen atoms in total. The first-order chi connectivity index (χ1) is 8.39. The van der Waals surface area contributed by atoms with Gasteiger partial charge in [-0.1, -0.05) is 6.92 Å². The number of nitrogens with zero attached hydrogens (tertiary/aromatic N) is 1. The molecule has 2 rings (SSSR count). The Kier molecular flexibility index (Phi) is 3.00. The standard InChI is InChI=1S/C12H16N2O4/c1-3-12(2)11(15)10(13)8-6-7(14(16)17)4-5-9(8)18-12/h4-6,10-11,15H,3,13H2,1-2H3/t10?,11-,12+/m1/s1. The van der Waals surface area contributed by atoms with E-state index in [1.165, 1.54) is 18.2 Å². The first-order valence-electron chi connectivity index (χ1n) is 5.80. The van der Waals surface area contributed by atoms with Crippen LogP contribution in [0.25, 0.3) is 0 Å². The molecular weight excluding hydrogens is 236 g/mol. The number of aliphatic hydroxyl groups excluding tert-OH is 1. The summed E-state index contributed by atoms with van der Waals surface area (Å²) in [6.07, 6.45) is -0.296. The summed E-state index contributed by atoms with van der Waals surface area (Å²) in [6, 6.07) is 3.59. The predicted molar refractivity (Wildman–Crippen MR) is 65.4 cm³/mol. The number of nitro groups is 1. The fraction of sp³-hybridized carbons (Fsp3) is 0.500. The third-order valence-corrected chi connectivity index (χ3v) is 3.57. The largest absolute Gasteiger partial charge is 0.484 e. The van der Waals surface area contributed by atoms with Crippen LogP contribution in [0.4, 0.5) is 5.69 Å². The fourth-order valence-electron chi connectivity index (χ4n) is 2.15. The van der Waals surface area contributed by atoms with Crippen LogP contribution in [-0.4, -0.2) is 21.7 Å². The maximum Gasteiger partial charge on any atom is 0.270 e. The van der Waals surface area contributed by atoms with E-state index in [-0.39, 0.29) is 5.69 Å². The average molecular weight is 252 g/mol. The lowest BCUT2D eigenvalue weighted by Gasteiger charge is -2.42. The van der Waals surface area contributed by atoms with Gasteiger partial charge in [0.15, 0.2) is 0 Å². The lowest BCUT2D eigenvalue weighted by Crippen LogP contribution is -2.52. The summed E-state index contributed by atoms with van der Waals surface area (Å²) in [5, 5.41) is 20.9. The molecule has 3 N–H and O–H groups in total. The fourth-order valence-corrected chi connectivity index (χ4v) is 2.15. The second-order valence-corrected chi connectivity index (χ2v) is 4.72. The molecule has 1 aromatic carbocycles. The van der Waals surface area contributed by atoms with Crippen molar-refractivity contribution in [2.24, 2.45) is 5.73 Å². The van der Waals surface area contributed by atoms with Crippen molar-refractivity contribution in [1.29, 1.82) is 0 Å².